The summed E-state index contributed by atoms with van der Waals surface area (Å²) in [6.45, 7) is 3.69. The van der Waals surface area contributed by atoms with E-state index in [2.05, 4.69) is 5.32 Å². The van der Waals surface area contributed by atoms with Crippen molar-refractivity contribution in [1.29, 1.82) is 0 Å². The maximum absolute atomic E-state index is 12.5. The van der Waals surface area contributed by atoms with Crippen LogP contribution < -0.4 is 5.32 Å². The molecule has 3 N–H and O–H groups in total. The number of anilines is 1. The molecule has 3 rings (SSSR count). The van der Waals surface area contributed by atoms with E-state index in [-0.39, 0.29) is 22.8 Å². The van der Waals surface area contributed by atoms with Gasteiger partial charge >= 0.3 is 5.97 Å². The highest BCUT2D eigenvalue weighted by atomic mass is 16.4. The van der Waals surface area contributed by atoms with E-state index in [9.17, 15) is 14.7 Å². The Bertz CT molecular complexity index is 971. The van der Waals surface area contributed by atoms with Crippen molar-refractivity contribution in [2.45, 2.75) is 13.8 Å². The van der Waals surface area contributed by atoms with Crippen LogP contribution in [0.4, 0.5) is 5.69 Å². The number of aromatic hydroxyl groups is 1. The zero-order chi connectivity index (χ0) is 17.4. The molecule has 1 amide bonds. The van der Waals surface area contributed by atoms with Gasteiger partial charge in [0.25, 0.3) is 5.91 Å². The summed E-state index contributed by atoms with van der Waals surface area (Å²) in [5.74, 6) is -1.95. The second-order valence-electron chi connectivity index (χ2n) is 5.50. The third-order valence-corrected chi connectivity index (χ3v) is 3.85. The molecule has 0 aliphatic carbocycles. The molecule has 3 aromatic rings. The second-order valence-corrected chi connectivity index (χ2v) is 5.50. The summed E-state index contributed by atoms with van der Waals surface area (Å²) in [6, 6.07) is 9.49. The minimum atomic E-state index is -1.28. The summed E-state index contributed by atoms with van der Waals surface area (Å²) in [6.07, 6.45) is 0. The lowest BCUT2D eigenvalue weighted by atomic mass is 10.1. The van der Waals surface area contributed by atoms with Crippen molar-refractivity contribution in [2.24, 2.45) is 0 Å². The minimum absolute atomic E-state index is 0.171. The van der Waals surface area contributed by atoms with E-state index in [4.69, 9.17) is 9.52 Å². The number of amides is 1. The molecule has 1 heterocycles. The average Bonchev–Trinajstić information content (AvgIpc) is 2.88. The Kier molecular flexibility index (Phi) is 3.73. The van der Waals surface area contributed by atoms with Gasteiger partial charge in [-0.25, -0.2) is 4.79 Å². The summed E-state index contributed by atoms with van der Waals surface area (Å²) in [5, 5.41) is 22.0. The van der Waals surface area contributed by atoms with Gasteiger partial charge in [0.05, 0.1) is 0 Å². The van der Waals surface area contributed by atoms with Crippen molar-refractivity contribution < 1.29 is 24.2 Å². The number of carboxylic acids is 1. The van der Waals surface area contributed by atoms with E-state index in [1.54, 1.807) is 6.92 Å². The van der Waals surface area contributed by atoms with E-state index in [1.807, 2.05) is 25.1 Å². The van der Waals surface area contributed by atoms with E-state index >= 15 is 0 Å². The first-order valence-corrected chi connectivity index (χ1v) is 7.25. The van der Waals surface area contributed by atoms with Gasteiger partial charge in [-0.1, -0.05) is 18.2 Å². The normalized spacial score (nSPS) is 10.8. The molecular formula is C18H15NO5. The quantitative estimate of drug-likeness (QED) is 0.637. The summed E-state index contributed by atoms with van der Waals surface area (Å²) in [5.41, 5.74) is 2.25. The Morgan fingerprint density at radius 3 is 2.54 bits per heavy atom. The zero-order valence-corrected chi connectivity index (χ0v) is 13.1. The molecule has 0 saturated heterocycles. The number of para-hydroxylation sites is 1. The first-order chi connectivity index (χ1) is 11.4. The molecule has 1 aromatic heterocycles. The largest absolute Gasteiger partial charge is 0.507 e. The number of hydrogen-bond donors (Lipinski definition) is 3. The smallest absolute Gasteiger partial charge is 0.339 e. The van der Waals surface area contributed by atoms with Gasteiger partial charge in [-0.05, 0) is 37.6 Å². The number of carbonyl (C=O) groups is 2. The standard InChI is InChI=1S/C18H15NO5/c1-9-4-3-5-12-10(2)16(24-15(9)12)17(21)19-11-6-7-14(20)13(8-11)18(22)23/h3-8,20H,1-2H3,(H,19,21)(H,22,23). The lowest BCUT2D eigenvalue weighted by molar-refractivity contribution is 0.0693. The number of furan rings is 1. The fraction of sp³-hybridized carbons (Fsp3) is 0.111. The number of aryl methyl sites for hydroxylation is 2. The summed E-state index contributed by atoms with van der Waals surface area (Å²) < 4.78 is 5.69. The van der Waals surface area contributed by atoms with Gasteiger partial charge in [-0.2, -0.15) is 0 Å². The first kappa shape index (κ1) is 15.6. The van der Waals surface area contributed by atoms with Crippen molar-refractivity contribution in [1.82, 2.24) is 0 Å². The van der Waals surface area contributed by atoms with Gasteiger partial charge in [0.15, 0.2) is 5.76 Å². The third-order valence-electron chi connectivity index (χ3n) is 3.85. The molecule has 0 aliphatic rings. The number of nitrogens with one attached hydrogen (secondary N) is 1. The lowest BCUT2D eigenvalue weighted by Gasteiger charge is -2.06. The Morgan fingerprint density at radius 2 is 1.88 bits per heavy atom. The maximum Gasteiger partial charge on any atom is 0.339 e. The summed E-state index contributed by atoms with van der Waals surface area (Å²) in [7, 11) is 0. The molecule has 6 nitrogen and oxygen atoms in total. The van der Waals surface area contributed by atoms with Crippen LogP contribution in [0.5, 0.6) is 5.75 Å². The molecule has 2 aromatic carbocycles. The number of hydrogen-bond acceptors (Lipinski definition) is 4. The number of rotatable bonds is 3. The molecule has 0 atom stereocenters. The molecular weight excluding hydrogens is 310 g/mol. The first-order valence-electron chi connectivity index (χ1n) is 7.25. The fourth-order valence-corrected chi connectivity index (χ4v) is 2.57. The maximum atomic E-state index is 12.5. The van der Waals surface area contributed by atoms with Gasteiger partial charge in [-0.15, -0.1) is 0 Å². The van der Waals surface area contributed by atoms with Crippen LogP contribution in [0.2, 0.25) is 0 Å². The fourth-order valence-electron chi connectivity index (χ4n) is 2.57. The monoisotopic (exact) mass is 325 g/mol. The van der Waals surface area contributed by atoms with Crippen LogP contribution in [-0.4, -0.2) is 22.1 Å². The Labute approximate surface area is 137 Å². The van der Waals surface area contributed by atoms with Crippen LogP contribution >= 0.6 is 0 Å². The van der Waals surface area contributed by atoms with E-state index in [1.165, 1.54) is 18.2 Å². The van der Waals surface area contributed by atoms with Crippen LogP contribution in [0.1, 0.15) is 32.0 Å². The molecule has 0 fully saturated rings. The Morgan fingerprint density at radius 1 is 1.12 bits per heavy atom. The van der Waals surface area contributed by atoms with Crippen LogP contribution in [0.15, 0.2) is 40.8 Å². The molecule has 122 valence electrons. The number of carboxylic acid groups (broad SMARTS) is 1. The number of benzene rings is 2. The van der Waals surface area contributed by atoms with Crippen molar-refractivity contribution in [2.75, 3.05) is 5.32 Å². The number of fused-ring (bicyclic) bond motifs is 1. The molecule has 0 saturated carbocycles. The zero-order valence-electron chi connectivity index (χ0n) is 13.1. The topological polar surface area (TPSA) is 99.8 Å². The van der Waals surface area contributed by atoms with Gasteiger partial charge in [0.1, 0.15) is 16.9 Å². The van der Waals surface area contributed by atoms with Gasteiger partial charge in [0, 0.05) is 16.6 Å². The van der Waals surface area contributed by atoms with E-state index in [0.717, 1.165) is 10.9 Å². The predicted octanol–water partition coefficient (Wildman–Crippen LogP) is 3.71. The van der Waals surface area contributed by atoms with E-state index in [0.29, 0.717) is 11.1 Å². The van der Waals surface area contributed by atoms with Gasteiger partial charge in [0.2, 0.25) is 0 Å². The SMILES string of the molecule is Cc1c(C(=O)Nc2ccc(O)c(C(=O)O)c2)oc2c(C)cccc12. The number of phenols is 1. The van der Waals surface area contributed by atoms with Crippen molar-refractivity contribution in [3.8, 4) is 5.75 Å². The summed E-state index contributed by atoms with van der Waals surface area (Å²) >= 11 is 0. The second kappa shape index (κ2) is 5.73. The minimum Gasteiger partial charge on any atom is -0.507 e. The molecule has 24 heavy (non-hydrogen) atoms. The van der Waals surface area contributed by atoms with Crippen molar-refractivity contribution in [3.05, 3.63) is 58.8 Å². The highest BCUT2D eigenvalue weighted by molar-refractivity contribution is 6.07. The molecule has 6 heteroatoms. The van der Waals surface area contributed by atoms with Crippen molar-refractivity contribution >= 4 is 28.5 Å². The molecule has 0 unspecified atom stereocenters. The van der Waals surface area contributed by atoms with Gasteiger partial charge in [-0.3, -0.25) is 4.79 Å². The highest BCUT2D eigenvalue weighted by Crippen LogP contribution is 2.29. The number of aromatic carboxylic acids is 1. The Balaban J connectivity index is 1.96. The van der Waals surface area contributed by atoms with Crippen LogP contribution in [0.3, 0.4) is 0 Å². The highest BCUT2D eigenvalue weighted by Gasteiger charge is 2.19. The lowest BCUT2D eigenvalue weighted by Crippen LogP contribution is -2.12. The predicted molar refractivity (Wildman–Crippen MR) is 88.7 cm³/mol. The van der Waals surface area contributed by atoms with E-state index < -0.39 is 11.9 Å². The molecule has 0 radical (unpaired) electrons. The third kappa shape index (κ3) is 2.58. The molecule has 0 bridgehead atoms. The van der Waals surface area contributed by atoms with Crippen LogP contribution in [0, 0.1) is 13.8 Å². The summed E-state index contributed by atoms with van der Waals surface area (Å²) in [4.78, 5) is 23.5. The molecule has 0 spiro atoms. The number of carbonyl (C=O) groups excluding carboxylic acids is 1. The van der Waals surface area contributed by atoms with Gasteiger partial charge < -0.3 is 19.9 Å². The Hall–Kier alpha value is -3.28. The van der Waals surface area contributed by atoms with Crippen molar-refractivity contribution in [3.63, 3.8) is 0 Å². The molecule has 0 aliphatic heterocycles. The van der Waals surface area contributed by atoms with Crippen LogP contribution in [0.25, 0.3) is 11.0 Å². The average molecular weight is 325 g/mol. The van der Waals surface area contributed by atoms with Crippen LogP contribution in [-0.2, 0) is 0 Å².